The number of benzene rings is 2. The molecule has 0 fully saturated rings. The molecule has 2 aromatic carbocycles. The smallest absolute Gasteiger partial charge is 0.321 e. The minimum absolute atomic E-state index is 0.0108. The maximum Gasteiger partial charge on any atom is 0.321 e. The van der Waals surface area contributed by atoms with Crippen LogP contribution >= 0.6 is 34.5 Å². The number of halogens is 2. The highest BCUT2D eigenvalue weighted by Crippen LogP contribution is 2.36. The van der Waals surface area contributed by atoms with Crippen LogP contribution in [0.15, 0.2) is 47.4 Å². The van der Waals surface area contributed by atoms with Crippen molar-refractivity contribution in [3.8, 4) is 0 Å². The third-order valence-corrected chi connectivity index (χ3v) is 8.56. The van der Waals surface area contributed by atoms with Crippen LogP contribution in [0.25, 0.3) is 0 Å². The molecule has 0 saturated heterocycles. The summed E-state index contributed by atoms with van der Waals surface area (Å²) in [6.07, 6.45) is 0.660. The molecule has 3 rings (SSSR count). The van der Waals surface area contributed by atoms with Crippen molar-refractivity contribution in [1.29, 1.82) is 0 Å². The van der Waals surface area contributed by atoms with Crippen molar-refractivity contribution in [1.82, 2.24) is 4.98 Å². The Bertz CT molecular complexity index is 1350. The van der Waals surface area contributed by atoms with Crippen LogP contribution in [0.3, 0.4) is 0 Å². The summed E-state index contributed by atoms with van der Waals surface area (Å²) >= 11 is 13.4. The zero-order valence-electron chi connectivity index (χ0n) is 19.8. The number of aromatic nitrogens is 1. The minimum Gasteiger partial charge on any atom is -0.465 e. The summed E-state index contributed by atoms with van der Waals surface area (Å²) in [6.45, 7) is 4.15. The average molecular weight is 571 g/mol. The van der Waals surface area contributed by atoms with Crippen molar-refractivity contribution >= 4 is 72.8 Å². The first-order chi connectivity index (χ1) is 16.9. The molecule has 12 heteroatoms. The summed E-state index contributed by atoms with van der Waals surface area (Å²) in [4.78, 5) is 31.1. The van der Waals surface area contributed by atoms with Gasteiger partial charge in [-0.05, 0) is 48.7 Å². The number of sulfone groups is 1. The number of ether oxygens (including phenoxy) is 1. The van der Waals surface area contributed by atoms with E-state index >= 15 is 0 Å². The minimum atomic E-state index is -3.87. The van der Waals surface area contributed by atoms with Gasteiger partial charge in [0.05, 0.1) is 27.1 Å². The third-order valence-electron chi connectivity index (χ3n) is 5.17. The molecule has 0 aliphatic carbocycles. The average Bonchev–Trinajstić information content (AvgIpc) is 3.19. The molecule has 8 nitrogen and oxygen atoms in total. The highest BCUT2D eigenvalue weighted by Gasteiger charge is 2.25. The van der Waals surface area contributed by atoms with Gasteiger partial charge in [0.2, 0.25) is 5.78 Å². The number of rotatable bonds is 10. The molecule has 0 saturated carbocycles. The Labute approximate surface area is 223 Å². The Morgan fingerprint density at radius 3 is 2.31 bits per heavy atom. The molecule has 1 heterocycles. The van der Waals surface area contributed by atoms with Crippen molar-refractivity contribution in [3.63, 3.8) is 0 Å². The van der Waals surface area contributed by atoms with Gasteiger partial charge in [-0.1, -0.05) is 54.5 Å². The molecule has 1 aromatic heterocycles. The predicted octanol–water partition coefficient (Wildman–Crippen LogP) is 5.39. The highest BCUT2D eigenvalue weighted by molar-refractivity contribution is 7.92. The highest BCUT2D eigenvalue weighted by atomic mass is 35.5. The fraction of sp³-hybridized carbons (Fsp3) is 0.292. The fourth-order valence-corrected chi connectivity index (χ4v) is 5.72. The number of carbonyl (C=O) groups excluding carboxylic acids is 2. The summed E-state index contributed by atoms with van der Waals surface area (Å²) in [7, 11) is -2.17. The van der Waals surface area contributed by atoms with Crippen LogP contribution in [-0.4, -0.2) is 44.6 Å². The van der Waals surface area contributed by atoms with Gasteiger partial charge in [-0.15, -0.1) is 0 Å². The van der Waals surface area contributed by atoms with Crippen molar-refractivity contribution in [2.45, 2.75) is 25.2 Å². The van der Waals surface area contributed by atoms with E-state index in [2.05, 4.69) is 4.98 Å². The molecule has 0 atom stereocenters. The first-order valence-corrected chi connectivity index (χ1v) is 14.1. The molecule has 0 unspecified atom stereocenters. The van der Waals surface area contributed by atoms with Gasteiger partial charge in [-0.3, -0.25) is 9.59 Å². The summed E-state index contributed by atoms with van der Waals surface area (Å²) in [5, 5.41) is 0.815. The third kappa shape index (κ3) is 6.56. The molecule has 36 heavy (non-hydrogen) atoms. The lowest BCUT2D eigenvalue weighted by molar-refractivity contribution is -0.140. The molecule has 2 N–H and O–H groups in total. The molecule has 0 spiro atoms. The number of ketones is 1. The summed E-state index contributed by atoms with van der Waals surface area (Å²) in [5.74, 6) is -1.60. The number of carbonyl (C=O) groups is 2. The molecule has 0 aliphatic rings. The van der Waals surface area contributed by atoms with Crippen LogP contribution in [0, 0.1) is 5.92 Å². The van der Waals surface area contributed by atoms with E-state index < -0.39 is 27.3 Å². The zero-order valence-corrected chi connectivity index (χ0v) is 23.0. The van der Waals surface area contributed by atoms with Crippen molar-refractivity contribution in [3.05, 3.63) is 63.0 Å². The first-order valence-electron chi connectivity index (χ1n) is 10.9. The number of nitrogens with two attached hydrogens (primary N) is 1. The Balaban J connectivity index is 1.75. The molecule has 0 radical (unpaired) electrons. The van der Waals surface area contributed by atoms with Crippen LogP contribution in [-0.2, 0) is 19.4 Å². The Hall–Kier alpha value is -2.66. The van der Waals surface area contributed by atoms with Crippen LogP contribution < -0.4 is 10.6 Å². The quantitative estimate of drug-likeness (QED) is 0.254. The van der Waals surface area contributed by atoms with Crippen LogP contribution in [0.2, 0.25) is 10.0 Å². The van der Waals surface area contributed by atoms with Gasteiger partial charge in [0.25, 0.3) is 0 Å². The van der Waals surface area contributed by atoms with Gasteiger partial charge < -0.3 is 15.4 Å². The largest absolute Gasteiger partial charge is 0.465 e. The summed E-state index contributed by atoms with van der Waals surface area (Å²) in [5.41, 5.74) is 6.75. The predicted molar refractivity (Wildman–Crippen MR) is 143 cm³/mol. The van der Waals surface area contributed by atoms with E-state index in [0.717, 1.165) is 11.3 Å². The topological polar surface area (TPSA) is 120 Å². The van der Waals surface area contributed by atoms with Crippen molar-refractivity contribution < 1.29 is 22.7 Å². The Kier molecular flexibility index (Phi) is 8.99. The molecular weight excluding hydrogens is 545 g/mol. The van der Waals surface area contributed by atoms with Gasteiger partial charge in [-0.2, -0.15) is 0 Å². The number of thiazole rings is 1. The van der Waals surface area contributed by atoms with Gasteiger partial charge >= 0.3 is 5.97 Å². The second-order valence-electron chi connectivity index (χ2n) is 8.35. The van der Waals surface area contributed by atoms with Crippen molar-refractivity contribution in [2.24, 2.45) is 5.92 Å². The molecular formula is C24H25Cl2N3O5S2. The van der Waals surface area contributed by atoms with E-state index in [-0.39, 0.29) is 37.8 Å². The lowest BCUT2D eigenvalue weighted by Crippen LogP contribution is -2.19. The van der Waals surface area contributed by atoms with Gasteiger partial charge in [-0.25, -0.2) is 13.4 Å². The monoisotopic (exact) mass is 569 g/mol. The SMILES string of the molecule is CC(C)CCOC(=O)CS(=O)(=O)c1ccc(N(C)c2nc(N)c(C(=O)c3c(Cl)cccc3Cl)s2)cc1. The van der Waals surface area contributed by atoms with Crippen LogP contribution in [0.4, 0.5) is 16.6 Å². The Morgan fingerprint density at radius 2 is 1.72 bits per heavy atom. The van der Waals surface area contributed by atoms with E-state index in [1.165, 1.54) is 12.1 Å². The number of hydrogen-bond donors (Lipinski definition) is 1. The lowest BCUT2D eigenvalue weighted by atomic mass is 10.1. The second kappa shape index (κ2) is 11.6. The number of anilines is 3. The van der Waals surface area contributed by atoms with E-state index in [1.807, 2.05) is 13.8 Å². The molecule has 0 amide bonds. The number of nitrogen functional groups attached to an aromatic ring is 1. The van der Waals surface area contributed by atoms with E-state index in [9.17, 15) is 18.0 Å². The van der Waals surface area contributed by atoms with Gasteiger partial charge in [0, 0.05) is 12.7 Å². The lowest BCUT2D eigenvalue weighted by Gasteiger charge is -2.16. The van der Waals surface area contributed by atoms with Crippen LogP contribution in [0.1, 0.15) is 35.5 Å². The van der Waals surface area contributed by atoms with Crippen molar-refractivity contribution in [2.75, 3.05) is 30.0 Å². The number of nitrogens with zero attached hydrogens (tertiary/aromatic N) is 2. The molecule has 3 aromatic rings. The van der Waals surface area contributed by atoms with E-state index in [4.69, 9.17) is 33.7 Å². The van der Waals surface area contributed by atoms with E-state index in [1.54, 1.807) is 42.3 Å². The molecule has 0 aliphatic heterocycles. The normalized spacial score (nSPS) is 11.5. The summed E-state index contributed by atoms with van der Waals surface area (Å²) < 4.78 is 30.2. The maximum atomic E-state index is 13.0. The fourth-order valence-electron chi connectivity index (χ4n) is 3.13. The standard InChI is InChI=1S/C24H25Cl2N3O5S2/c1-14(2)11-12-34-19(30)13-36(32,33)16-9-7-15(8-10-16)29(3)24-28-23(27)22(35-24)21(31)20-17(25)5-4-6-18(20)26/h4-10,14H,11-13,27H2,1-3H3. The Morgan fingerprint density at radius 1 is 1.11 bits per heavy atom. The zero-order chi connectivity index (χ0) is 26.6. The van der Waals surface area contributed by atoms with Crippen LogP contribution in [0.5, 0.6) is 0 Å². The molecule has 192 valence electrons. The molecule has 0 bridgehead atoms. The van der Waals surface area contributed by atoms with Gasteiger partial charge in [0.15, 0.2) is 20.7 Å². The number of esters is 1. The van der Waals surface area contributed by atoms with E-state index in [0.29, 0.717) is 23.2 Å². The maximum absolute atomic E-state index is 13.0. The summed E-state index contributed by atoms with van der Waals surface area (Å²) in [6, 6.07) is 10.7. The van der Waals surface area contributed by atoms with Gasteiger partial charge in [0.1, 0.15) is 10.7 Å². The number of hydrogen-bond acceptors (Lipinski definition) is 9. The second-order valence-corrected chi connectivity index (χ2v) is 12.1. The first kappa shape index (κ1) is 27.9.